The number of hydrogen-bond donors (Lipinski definition) is 1. The monoisotopic (exact) mass is 442 g/mol. The summed E-state index contributed by atoms with van der Waals surface area (Å²) in [5, 5.41) is 4.63. The van der Waals surface area contributed by atoms with Gasteiger partial charge in [0.1, 0.15) is 11.9 Å². The van der Waals surface area contributed by atoms with Crippen LogP contribution in [0.5, 0.6) is 5.75 Å². The maximum atomic E-state index is 13.8. The van der Waals surface area contributed by atoms with Crippen molar-refractivity contribution in [3.8, 4) is 5.75 Å². The van der Waals surface area contributed by atoms with Crippen LogP contribution in [0.4, 0.5) is 14.5 Å². The molecule has 0 unspecified atom stereocenters. The summed E-state index contributed by atoms with van der Waals surface area (Å²) in [4.78, 5) is 27.4. The zero-order valence-electron chi connectivity index (χ0n) is 16.5. The second-order valence-electron chi connectivity index (χ2n) is 7.20. The number of benzene rings is 2. The van der Waals surface area contributed by atoms with E-state index in [-0.39, 0.29) is 23.7 Å². The molecule has 0 radical (unpaired) electrons. The Hall–Kier alpha value is -3.26. The molecule has 0 bridgehead atoms. The van der Waals surface area contributed by atoms with Gasteiger partial charge in [-0.3, -0.25) is 9.59 Å². The van der Waals surface area contributed by atoms with Gasteiger partial charge >= 0.3 is 0 Å². The van der Waals surface area contributed by atoms with Crippen LogP contribution in [0.1, 0.15) is 32.9 Å². The van der Waals surface area contributed by atoms with Gasteiger partial charge in [-0.15, -0.1) is 11.3 Å². The number of nitrogens with one attached hydrogen (secondary N) is 1. The van der Waals surface area contributed by atoms with E-state index in [0.29, 0.717) is 42.1 Å². The van der Waals surface area contributed by atoms with Gasteiger partial charge in [0.2, 0.25) is 0 Å². The van der Waals surface area contributed by atoms with Crippen molar-refractivity contribution in [1.82, 2.24) is 4.90 Å². The van der Waals surface area contributed by atoms with Crippen molar-refractivity contribution in [2.45, 2.75) is 18.9 Å². The first-order chi connectivity index (χ1) is 15.0. The highest BCUT2D eigenvalue weighted by Gasteiger charge is 2.25. The van der Waals surface area contributed by atoms with Gasteiger partial charge in [-0.2, -0.15) is 0 Å². The minimum Gasteiger partial charge on any atom is -0.487 e. The molecule has 3 aromatic rings. The molecule has 2 aromatic carbocycles. The summed E-state index contributed by atoms with van der Waals surface area (Å²) in [5.74, 6) is -1.73. The summed E-state index contributed by atoms with van der Waals surface area (Å²) >= 11 is 1.34. The molecule has 2 heterocycles. The Labute approximate surface area is 182 Å². The SMILES string of the molecule is O=C(Nc1cccc(C(=O)N2CCC(Oc3ccc(F)cc3F)CC2)c1)c1cccs1. The molecular formula is C23H20F2N2O3S. The third kappa shape index (κ3) is 5.08. The van der Waals surface area contributed by atoms with E-state index in [9.17, 15) is 18.4 Å². The molecule has 1 N–H and O–H groups in total. The number of rotatable bonds is 5. The predicted octanol–water partition coefficient (Wildman–Crippen LogP) is 4.96. The second kappa shape index (κ2) is 9.26. The van der Waals surface area contributed by atoms with Gasteiger partial charge in [-0.1, -0.05) is 12.1 Å². The minimum atomic E-state index is -0.736. The van der Waals surface area contributed by atoms with Crippen molar-refractivity contribution in [1.29, 1.82) is 0 Å². The molecule has 5 nitrogen and oxygen atoms in total. The van der Waals surface area contributed by atoms with E-state index >= 15 is 0 Å². The number of hydrogen-bond acceptors (Lipinski definition) is 4. The van der Waals surface area contributed by atoms with E-state index < -0.39 is 11.6 Å². The Balaban J connectivity index is 1.34. The van der Waals surface area contributed by atoms with E-state index in [2.05, 4.69) is 5.32 Å². The highest BCUT2D eigenvalue weighted by molar-refractivity contribution is 7.12. The van der Waals surface area contributed by atoms with E-state index in [1.165, 1.54) is 17.4 Å². The van der Waals surface area contributed by atoms with Crippen molar-refractivity contribution in [3.63, 3.8) is 0 Å². The molecule has 1 saturated heterocycles. The number of nitrogens with zero attached hydrogens (tertiary/aromatic N) is 1. The lowest BCUT2D eigenvalue weighted by molar-refractivity contribution is 0.0588. The number of carbonyl (C=O) groups is 2. The predicted molar refractivity (Wildman–Crippen MR) is 115 cm³/mol. The van der Waals surface area contributed by atoms with Crippen molar-refractivity contribution >= 4 is 28.8 Å². The van der Waals surface area contributed by atoms with Gasteiger partial charge in [0, 0.05) is 43.2 Å². The van der Waals surface area contributed by atoms with Crippen LogP contribution in [0.2, 0.25) is 0 Å². The lowest BCUT2D eigenvalue weighted by Crippen LogP contribution is -2.41. The quantitative estimate of drug-likeness (QED) is 0.608. The number of piperidine rings is 1. The van der Waals surface area contributed by atoms with Gasteiger partial charge in [-0.25, -0.2) is 8.78 Å². The summed E-state index contributed by atoms with van der Waals surface area (Å²) in [5.41, 5.74) is 1.03. The van der Waals surface area contributed by atoms with E-state index in [1.54, 1.807) is 41.3 Å². The summed E-state index contributed by atoms with van der Waals surface area (Å²) in [6.45, 7) is 0.913. The number of halogens is 2. The Morgan fingerprint density at radius 3 is 2.55 bits per heavy atom. The van der Waals surface area contributed by atoms with Crippen LogP contribution >= 0.6 is 11.3 Å². The molecule has 160 valence electrons. The first-order valence-corrected chi connectivity index (χ1v) is 10.7. The van der Waals surface area contributed by atoms with Crippen LogP contribution in [-0.4, -0.2) is 35.9 Å². The first-order valence-electron chi connectivity index (χ1n) is 9.85. The fourth-order valence-corrected chi connectivity index (χ4v) is 4.06. The maximum absolute atomic E-state index is 13.8. The lowest BCUT2D eigenvalue weighted by atomic mass is 10.1. The van der Waals surface area contributed by atoms with E-state index in [4.69, 9.17) is 4.74 Å². The van der Waals surface area contributed by atoms with Crippen molar-refractivity contribution in [3.05, 3.63) is 82.1 Å². The fourth-order valence-electron chi connectivity index (χ4n) is 3.44. The van der Waals surface area contributed by atoms with Crippen molar-refractivity contribution < 1.29 is 23.1 Å². The Morgan fingerprint density at radius 1 is 1.03 bits per heavy atom. The molecule has 8 heteroatoms. The van der Waals surface area contributed by atoms with Crippen molar-refractivity contribution in [2.24, 2.45) is 0 Å². The van der Waals surface area contributed by atoms with E-state index in [0.717, 1.165) is 12.1 Å². The summed E-state index contributed by atoms with van der Waals surface area (Å²) in [6.07, 6.45) is 0.828. The Bertz CT molecular complexity index is 1080. The molecule has 31 heavy (non-hydrogen) atoms. The Morgan fingerprint density at radius 2 is 1.84 bits per heavy atom. The maximum Gasteiger partial charge on any atom is 0.265 e. The Kier molecular flexibility index (Phi) is 6.27. The van der Waals surface area contributed by atoms with Gasteiger partial charge in [0.15, 0.2) is 11.6 Å². The van der Waals surface area contributed by atoms with Gasteiger partial charge in [-0.05, 0) is 41.8 Å². The smallest absolute Gasteiger partial charge is 0.265 e. The van der Waals surface area contributed by atoms with Gasteiger partial charge in [0.05, 0.1) is 4.88 Å². The summed E-state index contributed by atoms with van der Waals surface area (Å²) in [7, 11) is 0. The largest absolute Gasteiger partial charge is 0.487 e. The van der Waals surface area contributed by atoms with Crippen molar-refractivity contribution in [2.75, 3.05) is 18.4 Å². The second-order valence-corrected chi connectivity index (χ2v) is 8.14. The molecule has 1 fully saturated rings. The zero-order valence-corrected chi connectivity index (χ0v) is 17.3. The van der Waals surface area contributed by atoms with Crippen LogP contribution in [0.3, 0.4) is 0 Å². The molecule has 0 atom stereocenters. The number of carbonyl (C=O) groups excluding carboxylic acids is 2. The minimum absolute atomic E-state index is 0.0142. The number of ether oxygens (including phenoxy) is 1. The topological polar surface area (TPSA) is 58.6 Å². The molecule has 0 spiro atoms. The first kappa shape index (κ1) is 21.0. The third-order valence-corrected chi connectivity index (χ3v) is 5.90. The normalized spacial score (nSPS) is 14.3. The van der Waals surface area contributed by atoms with Crippen LogP contribution in [-0.2, 0) is 0 Å². The zero-order chi connectivity index (χ0) is 21.8. The lowest BCUT2D eigenvalue weighted by Gasteiger charge is -2.32. The highest BCUT2D eigenvalue weighted by Crippen LogP contribution is 2.24. The van der Waals surface area contributed by atoms with Crippen LogP contribution in [0.25, 0.3) is 0 Å². The van der Waals surface area contributed by atoms with Gasteiger partial charge < -0.3 is 15.0 Å². The molecule has 2 amide bonds. The van der Waals surface area contributed by atoms with E-state index in [1.807, 2.05) is 5.38 Å². The summed E-state index contributed by atoms with van der Waals surface area (Å²) < 4.78 is 32.5. The standard InChI is InChI=1S/C23H20F2N2O3S/c24-16-6-7-20(19(25)14-16)30-18-8-10-27(11-9-18)23(29)15-3-1-4-17(13-15)26-22(28)21-5-2-12-31-21/h1-7,12-14,18H,8-11H2,(H,26,28). The summed E-state index contributed by atoms with van der Waals surface area (Å²) in [6, 6.07) is 13.6. The molecule has 1 aliphatic heterocycles. The number of likely N-dealkylation sites (tertiary alicyclic amines) is 1. The average Bonchev–Trinajstić information content (AvgIpc) is 3.31. The molecular weight excluding hydrogens is 422 g/mol. The molecule has 4 rings (SSSR count). The van der Waals surface area contributed by atoms with Crippen LogP contribution < -0.4 is 10.1 Å². The fraction of sp³-hybridized carbons (Fsp3) is 0.217. The molecule has 1 aromatic heterocycles. The van der Waals surface area contributed by atoms with Crippen LogP contribution in [0.15, 0.2) is 60.0 Å². The molecule has 0 saturated carbocycles. The van der Waals surface area contributed by atoms with Gasteiger partial charge in [0.25, 0.3) is 11.8 Å². The number of thiophene rings is 1. The number of anilines is 1. The average molecular weight is 442 g/mol. The van der Waals surface area contributed by atoms with Crippen LogP contribution in [0, 0.1) is 11.6 Å². The third-order valence-electron chi connectivity index (χ3n) is 5.03. The number of amides is 2. The molecule has 0 aliphatic carbocycles. The molecule has 1 aliphatic rings. The highest BCUT2D eigenvalue weighted by atomic mass is 32.1.